The molecule has 0 radical (unpaired) electrons. The van der Waals surface area contributed by atoms with Crippen molar-refractivity contribution < 1.29 is 15.1 Å². The molecule has 0 aliphatic carbocycles. The second-order valence-electron chi connectivity index (χ2n) is 0.346. The molecule has 0 aromatic heterocycles. The van der Waals surface area contributed by atoms with Crippen LogP contribution in [0.3, 0.4) is 0 Å². The molecule has 0 amide bonds. The fraction of sp³-hybridized carbons (Fsp3) is 0. The third kappa shape index (κ3) is 99.8. The zero-order valence-corrected chi connectivity index (χ0v) is 1.92. The van der Waals surface area contributed by atoms with E-state index in [1.165, 1.54) is 0 Å². The second-order valence-corrected chi connectivity index (χ2v) is 0.346. The van der Waals surface area contributed by atoms with Crippen LogP contribution in [0, 0.1) is 0 Å². The molecule has 0 rings (SSSR count). The van der Waals surface area contributed by atoms with Gasteiger partial charge in [-0.3, -0.25) is 0 Å². The molecule has 0 aliphatic heterocycles. The van der Waals surface area contributed by atoms with E-state index in [4.69, 9.17) is 15.1 Å². The van der Waals surface area contributed by atoms with Gasteiger partial charge in [-0.25, -0.2) is 0 Å². The molecule has 0 spiro atoms. The van der Waals surface area contributed by atoms with E-state index >= 15 is 0 Å². The van der Waals surface area contributed by atoms with E-state index in [-0.39, 0.29) is 18.9 Å². The van der Waals surface area contributed by atoms with E-state index in [1.54, 1.807) is 0 Å². The molecule has 3 nitrogen and oxygen atoms in total. The van der Waals surface area contributed by atoms with Crippen molar-refractivity contribution >= 4 is 26.2 Å². The Hall–Kier alpha value is 0.542. The molecular weight excluding hydrogens is 65.8 g/mol. The summed E-state index contributed by atoms with van der Waals surface area (Å²) in [5.74, 6) is 0. The van der Waals surface area contributed by atoms with Gasteiger partial charge >= 0.3 is 26.2 Å². The summed E-state index contributed by atoms with van der Waals surface area (Å²) in [6.45, 7) is 0. The summed E-state index contributed by atoms with van der Waals surface area (Å²) in [6, 6.07) is 0. The Labute approximate surface area is 42.0 Å². The molecule has 26 valence electrons. The van der Waals surface area contributed by atoms with E-state index in [2.05, 4.69) is 0 Å². The summed E-state index contributed by atoms with van der Waals surface area (Å²) in [6.07, 6.45) is 0. The first kappa shape index (κ1) is 9.11. The van der Waals surface area contributed by atoms with Crippen LogP contribution < -0.4 is 0 Å². The summed E-state index contributed by atoms with van der Waals surface area (Å²) >= 11 is 0. The van der Waals surface area contributed by atoms with Gasteiger partial charge in [-0.05, 0) is 0 Å². The van der Waals surface area contributed by atoms with Crippen molar-refractivity contribution in [2.45, 2.75) is 0 Å². The van der Waals surface area contributed by atoms with E-state index in [0.717, 1.165) is 0 Å². The van der Waals surface area contributed by atoms with Crippen molar-refractivity contribution in [3.05, 3.63) is 0 Å². The summed E-state index contributed by atoms with van der Waals surface area (Å²) in [5.41, 5.74) is 0. The Morgan fingerprint density at radius 2 is 1.00 bits per heavy atom. The summed E-state index contributed by atoms with van der Waals surface area (Å²) in [7, 11) is -2.17. The van der Waals surface area contributed by atoms with E-state index in [9.17, 15) is 0 Å². The van der Waals surface area contributed by atoms with Crippen LogP contribution in [-0.4, -0.2) is 41.3 Å². The van der Waals surface area contributed by atoms with Gasteiger partial charge in [-0.15, -0.1) is 0 Å². The minimum absolute atomic E-state index is 0. The Morgan fingerprint density at radius 1 is 1.00 bits per heavy atom. The normalized spacial score (nSPS) is 5.40. The van der Waals surface area contributed by atoms with Crippen LogP contribution in [0.1, 0.15) is 0 Å². The summed E-state index contributed by atoms with van der Waals surface area (Å²) in [5, 5.41) is 21.5. The zero-order valence-electron chi connectivity index (χ0n) is 1.92. The summed E-state index contributed by atoms with van der Waals surface area (Å²) in [4.78, 5) is 0. The van der Waals surface area contributed by atoms with Crippen LogP contribution in [0.25, 0.3) is 0 Å². The van der Waals surface area contributed by atoms with Crippen LogP contribution in [0.4, 0.5) is 0 Å². The second kappa shape index (κ2) is 4.54. The molecule has 0 atom stereocenters. The van der Waals surface area contributed by atoms with E-state index in [0.29, 0.717) is 0 Å². The predicted octanol–water partition coefficient (Wildman–Crippen LogP) is -2.70. The molecule has 3 N–H and O–H groups in total. The molecular formula is H4BLiO3. The molecule has 0 unspecified atom stereocenters. The topological polar surface area (TPSA) is 60.7 Å². The molecule has 0 saturated carbocycles. The maximum atomic E-state index is 7.17. The third-order valence-corrected chi connectivity index (χ3v) is 0. The molecule has 0 fully saturated rings. The molecule has 0 aromatic carbocycles. The quantitative estimate of drug-likeness (QED) is 0.272. The van der Waals surface area contributed by atoms with Crippen molar-refractivity contribution in [3.8, 4) is 0 Å². The standard InChI is InChI=1S/BH3O3.Li.H/c2-1(3)4;;/h2-4H;;. The van der Waals surface area contributed by atoms with E-state index in [1.807, 2.05) is 0 Å². The molecule has 0 aromatic rings. The fourth-order valence-corrected chi connectivity index (χ4v) is 0. The Kier molecular flexibility index (Phi) is 8.28. The van der Waals surface area contributed by atoms with Gasteiger partial charge in [-0.1, -0.05) is 0 Å². The predicted molar refractivity (Wildman–Crippen MR) is 19.6 cm³/mol. The first-order valence-electron chi connectivity index (χ1n) is 0.775. The van der Waals surface area contributed by atoms with Crippen molar-refractivity contribution in [3.63, 3.8) is 0 Å². The first-order chi connectivity index (χ1) is 1.73. The zero-order chi connectivity index (χ0) is 3.58. The van der Waals surface area contributed by atoms with Crippen LogP contribution in [0.15, 0.2) is 0 Å². The molecule has 5 heteroatoms. The third-order valence-electron chi connectivity index (χ3n) is 0. The van der Waals surface area contributed by atoms with Gasteiger partial charge in [0.25, 0.3) is 0 Å². The van der Waals surface area contributed by atoms with Gasteiger partial charge in [0.05, 0.1) is 0 Å². The van der Waals surface area contributed by atoms with Crippen LogP contribution in [0.2, 0.25) is 0 Å². The van der Waals surface area contributed by atoms with Gasteiger partial charge in [0.2, 0.25) is 0 Å². The minimum atomic E-state index is -2.17. The number of rotatable bonds is 0. The van der Waals surface area contributed by atoms with Crippen LogP contribution >= 0.6 is 0 Å². The van der Waals surface area contributed by atoms with Crippen molar-refractivity contribution in [2.75, 3.05) is 0 Å². The maximum absolute atomic E-state index is 7.17. The number of hydrogen-bond acceptors (Lipinski definition) is 3. The Morgan fingerprint density at radius 3 is 1.00 bits per heavy atom. The van der Waals surface area contributed by atoms with Crippen LogP contribution in [-0.2, 0) is 0 Å². The van der Waals surface area contributed by atoms with Crippen molar-refractivity contribution in [1.29, 1.82) is 0 Å². The van der Waals surface area contributed by atoms with Gasteiger partial charge in [0.15, 0.2) is 0 Å². The fourth-order valence-electron chi connectivity index (χ4n) is 0. The molecule has 0 bridgehead atoms. The van der Waals surface area contributed by atoms with Crippen molar-refractivity contribution in [1.82, 2.24) is 0 Å². The number of hydrogen-bond donors (Lipinski definition) is 3. The van der Waals surface area contributed by atoms with Crippen LogP contribution in [0.5, 0.6) is 0 Å². The van der Waals surface area contributed by atoms with Gasteiger partial charge in [-0.2, -0.15) is 0 Å². The molecule has 0 saturated heterocycles. The molecule has 0 aliphatic rings. The SMILES string of the molecule is OB(O)O.[LiH]. The molecule has 5 heavy (non-hydrogen) atoms. The van der Waals surface area contributed by atoms with Crippen molar-refractivity contribution in [2.24, 2.45) is 0 Å². The van der Waals surface area contributed by atoms with Gasteiger partial charge in [0.1, 0.15) is 0 Å². The molecule has 0 heterocycles. The monoisotopic (exact) mass is 70.0 g/mol. The Balaban J connectivity index is 0. The first-order valence-corrected chi connectivity index (χ1v) is 0.775. The van der Waals surface area contributed by atoms with Gasteiger partial charge in [0, 0.05) is 0 Å². The van der Waals surface area contributed by atoms with E-state index < -0.39 is 7.32 Å². The van der Waals surface area contributed by atoms with Gasteiger partial charge < -0.3 is 15.1 Å². The average molecular weight is 69.8 g/mol. The average Bonchev–Trinajstić information content (AvgIpc) is 0.811. The summed E-state index contributed by atoms with van der Waals surface area (Å²) < 4.78 is 0. The Bertz CT molecular complexity index is 11.6.